The minimum Gasteiger partial charge on any atom is -0.468 e. The molecule has 2 heterocycles. The van der Waals surface area contributed by atoms with Crippen molar-refractivity contribution in [1.82, 2.24) is 15.8 Å². The number of esters is 1. The van der Waals surface area contributed by atoms with E-state index in [0.29, 0.717) is 36.0 Å². The Morgan fingerprint density at radius 3 is 2.33 bits per heavy atom. The van der Waals surface area contributed by atoms with Crippen molar-refractivity contribution in [3.8, 4) is 0 Å². The SMILES string of the molecule is COC(=O)[C@@H]1CCCN(C(=O)[C@H](Cc2cc(CF)cc(B3OC(C)(C)C(C)(C)O3)c2)NC(=O)OC(C)(C)C)N1. The van der Waals surface area contributed by atoms with Crippen LogP contribution in [0.15, 0.2) is 18.2 Å². The molecule has 0 unspecified atom stereocenters. The second kappa shape index (κ2) is 11.8. The van der Waals surface area contributed by atoms with E-state index in [9.17, 15) is 18.8 Å². The molecule has 10 nitrogen and oxygen atoms in total. The average molecular weight is 549 g/mol. The second-order valence-electron chi connectivity index (χ2n) is 12.0. The lowest BCUT2D eigenvalue weighted by atomic mass is 9.77. The van der Waals surface area contributed by atoms with Gasteiger partial charge in [-0.25, -0.2) is 14.6 Å². The van der Waals surface area contributed by atoms with Crippen molar-refractivity contribution >= 4 is 30.6 Å². The Labute approximate surface area is 230 Å². The highest BCUT2D eigenvalue weighted by Gasteiger charge is 2.51. The maximum atomic E-state index is 13.9. The average Bonchev–Trinajstić information content (AvgIpc) is 3.07. The molecule has 2 N–H and O–H groups in total. The predicted molar refractivity (Wildman–Crippen MR) is 144 cm³/mol. The van der Waals surface area contributed by atoms with E-state index < -0.39 is 60.6 Å². The Hall–Kier alpha value is -2.70. The van der Waals surface area contributed by atoms with Crippen molar-refractivity contribution in [2.45, 2.75) is 103 Å². The highest BCUT2D eigenvalue weighted by atomic mass is 19.1. The number of nitrogens with one attached hydrogen (secondary N) is 2. The molecule has 2 atom stereocenters. The van der Waals surface area contributed by atoms with Crippen LogP contribution in [0.1, 0.15) is 72.4 Å². The van der Waals surface area contributed by atoms with Gasteiger partial charge < -0.3 is 24.1 Å². The normalized spacial score (nSPS) is 21.3. The Balaban J connectivity index is 1.89. The first-order valence-corrected chi connectivity index (χ1v) is 13.2. The zero-order valence-corrected chi connectivity index (χ0v) is 24.2. The van der Waals surface area contributed by atoms with Crippen LogP contribution in [0.4, 0.5) is 9.18 Å². The van der Waals surface area contributed by atoms with Crippen LogP contribution in [0.25, 0.3) is 0 Å². The summed E-state index contributed by atoms with van der Waals surface area (Å²) in [6.07, 6.45) is 0.354. The molecule has 2 fully saturated rings. The van der Waals surface area contributed by atoms with E-state index in [1.807, 2.05) is 27.7 Å². The highest BCUT2D eigenvalue weighted by molar-refractivity contribution is 6.62. The number of benzene rings is 1. The zero-order chi connectivity index (χ0) is 29.2. The summed E-state index contributed by atoms with van der Waals surface area (Å²) in [6.45, 7) is 12.5. The Morgan fingerprint density at radius 1 is 1.15 bits per heavy atom. The Morgan fingerprint density at radius 2 is 1.77 bits per heavy atom. The van der Waals surface area contributed by atoms with Crippen LogP contribution in [0.5, 0.6) is 0 Å². The van der Waals surface area contributed by atoms with Gasteiger partial charge in [0.15, 0.2) is 0 Å². The number of hydrogen-bond acceptors (Lipinski definition) is 8. The maximum absolute atomic E-state index is 13.9. The van der Waals surface area contributed by atoms with Crippen LogP contribution in [-0.4, -0.2) is 72.6 Å². The van der Waals surface area contributed by atoms with Gasteiger partial charge in [-0.3, -0.25) is 14.6 Å². The number of amides is 2. The number of ether oxygens (including phenoxy) is 2. The summed E-state index contributed by atoms with van der Waals surface area (Å²) in [4.78, 5) is 38.4. The first kappa shape index (κ1) is 30.8. The number of methoxy groups -OCH3 is 1. The molecule has 0 bridgehead atoms. The molecule has 0 radical (unpaired) electrons. The molecule has 0 spiro atoms. The second-order valence-corrected chi connectivity index (χ2v) is 12.0. The van der Waals surface area contributed by atoms with E-state index in [1.54, 1.807) is 39.0 Å². The van der Waals surface area contributed by atoms with Crippen molar-refractivity contribution in [2.24, 2.45) is 0 Å². The zero-order valence-electron chi connectivity index (χ0n) is 24.2. The molecular weight excluding hydrogens is 508 g/mol. The molecule has 12 heteroatoms. The van der Waals surface area contributed by atoms with Gasteiger partial charge in [0, 0.05) is 13.0 Å². The molecule has 2 amide bonds. The lowest BCUT2D eigenvalue weighted by molar-refractivity contribution is -0.150. The van der Waals surface area contributed by atoms with Gasteiger partial charge in [-0.2, -0.15) is 0 Å². The van der Waals surface area contributed by atoms with Crippen molar-refractivity contribution in [2.75, 3.05) is 13.7 Å². The van der Waals surface area contributed by atoms with Crippen LogP contribution in [0, 0.1) is 0 Å². The summed E-state index contributed by atoms with van der Waals surface area (Å²) >= 11 is 0. The number of hydrazine groups is 1. The van der Waals surface area contributed by atoms with E-state index >= 15 is 0 Å². The van der Waals surface area contributed by atoms with E-state index in [-0.39, 0.29) is 6.42 Å². The van der Waals surface area contributed by atoms with E-state index in [1.165, 1.54) is 12.1 Å². The third-order valence-electron chi connectivity index (χ3n) is 7.12. The fourth-order valence-electron chi connectivity index (χ4n) is 4.43. The first-order chi connectivity index (χ1) is 18.0. The number of halogens is 1. The number of hydrogen-bond donors (Lipinski definition) is 2. The molecule has 2 aliphatic heterocycles. The standard InChI is InChI=1S/C27H41BFN3O7/c1-25(2,3)37-24(35)30-21(22(33)32-11-9-10-20(31-32)23(34)36-8)15-17-12-18(16-29)14-19(13-17)28-38-26(4,5)27(6,7)39-28/h12-14,20-21,31H,9-11,15-16H2,1-8H3,(H,30,35)/t20-,21-/m0/s1. The van der Waals surface area contributed by atoms with Crippen LogP contribution in [0.3, 0.4) is 0 Å². The van der Waals surface area contributed by atoms with E-state index in [4.69, 9.17) is 18.8 Å². The molecule has 39 heavy (non-hydrogen) atoms. The lowest BCUT2D eigenvalue weighted by Crippen LogP contribution is -2.60. The maximum Gasteiger partial charge on any atom is 0.494 e. The summed E-state index contributed by atoms with van der Waals surface area (Å²) < 4.78 is 36.4. The molecule has 2 aliphatic rings. The molecule has 3 rings (SSSR count). The molecule has 1 aromatic rings. The van der Waals surface area contributed by atoms with Crippen LogP contribution in [0.2, 0.25) is 0 Å². The first-order valence-electron chi connectivity index (χ1n) is 13.2. The van der Waals surface area contributed by atoms with Crippen molar-refractivity contribution < 1.29 is 37.6 Å². The van der Waals surface area contributed by atoms with E-state index in [2.05, 4.69) is 10.7 Å². The smallest absolute Gasteiger partial charge is 0.468 e. The number of nitrogens with zero attached hydrogens (tertiary/aromatic N) is 1. The quantitative estimate of drug-likeness (QED) is 0.394. The van der Waals surface area contributed by atoms with Gasteiger partial charge in [-0.15, -0.1) is 0 Å². The van der Waals surface area contributed by atoms with Gasteiger partial charge in [-0.05, 0) is 77.9 Å². The molecule has 0 aliphatic carbocycles. The van der Waals surface area contributed by atoms with Gasteiger partial charge in [0.05, 0.1) is 18.3 Å². The summed E-state index contributed by atoms with van der Waals surface area (Å²) in [6, 6.07) is 3.37. The fourth-order valence-corrected chi connectivity index (χ4v) is 4.43. The van der Waals surface area contributed by atoms with Gasteiger partial charge in [0.25, 0.3) is 5.91 Å². The van der Waals surface area contributed by atoms with Crippen LogP contribution >= 0.6 is 0 Å². The molecule has 0 saturated carbocycles. The summed E-state index contributed by atoms with van der Waals surface area (Å²) in [5.41, 5.74) is 2.56. The number of carbonyl (C=O) groups is 3. The fraction of sp³-hybridized carbons (Fsp3) is 0.667. The van der Waals surface area contributed by atoms with Crippen molar-refractivity contribution in [1.29, 1.82) is 0 Å². The molecular formula is C27H41BFN3O7. The predicted octanol–water partition coefficient (Wildman–Crippen LogP) is 2.56. The Bertz CT molecular complexity index is 1060. The van der Waals surface area contributed by atoms with Gasteiger partial charge >= 0.3 is 19.2 Å². The highest BCUT2D eigenvalue weighted by Crippen LogP contribution is 2.36. The van der Waals surface area contributed by atoms with Gasteiger partial charge in [0.2, 0.25) is 0 Å². The van der Waals surface area contributed by atoms with Gasteiger partial charge in [0.1, 0.15) is 24.4 Å². The largest absolute Gasteiger partial charge is 0.494 e. The molecule has 1 aromatic carbocycles. The molecule has 2 saturated heterocycles. The lowest BCUT2D eigenvalue weighted by Gasteiger charge is -2.35. The van der Waals surface area contributed by atoms with Crippen molar-refractivity contribution in [3.05, 3.63) is 29.3 Å². The topological polar surface area (TPSA) is 115 Å². The summed E-state index contributed by atoms with van der Waals surface area (Å²) in [5, 5.41) is 3.99. The van der Waals surface area contributed by atoms with Crippen LogP contribution in [-0.2, 0) is 41.5 Å². The summed E-state index contributed by atoms with van der Waals surface area (Å²) in [7, 11) is 0.561. The third-order valence-corrected chi connectivity index (χ3v) is 7.12. The Kier molecular flexibility index (Phi) is 9.34. The third kappa shape index (κ3) is 7.70. The van der Waals surface area contributed by atoms with Crippen molar-refractivity contribution in [3.63, 3.8) is 0 Å². The molecule has 0 aromatic heterocycles. The number of alkyl halides is 1. The summed E-state index contributed by atoms with van der Waals surface area (Å²) in [5.74, 6) is -0.941. The minimum atomic E-state index is -1.07. The van der Waals surface area contributed by atoms with Gasteiger partial charge in [-0.1, -0.05) is 18.2 Å². The number of carbonyl (C=O) groups excluding carboxylic acids is 3. The number of rotatable bonds is 7. The van der Waals surface area contributed by atoms with Crippen LogP contribution < -0.4 is 16.2 Å². The number of alkyl carbamates (subject to hydrolysis) is 1. The monoisotopic (exact) mass is 549 g/mol. The molecule has 216 valence electrons. The minimum absolute atomic E-state index is 0.0412. The van der Waals surface area contributed by atoms with E-state index in [0.717, 1.165) is 0 Å².